The van der Waals surface area contributed by atoms with Crippen molar-refractivity contribution in [2.45, 2.75) is 6.92 Å². The minimum absolute atomic E-state index is 0.0753. The monoisotopic (exact) mass is 331 g/mol. The zero-order chi connectivity index (χ0) is 13.5. The number of benzene rings is 1. The van der Waals surface area contributed by atoms with Crippen LogP contribution in [0.1, 0.15) is 17.3 Å². The van der Waals surface area contributed by atoms with Gasteiger partial charge in [-0.1, -0.05) is 6.92 Å². The molecule has 5 heteroatoms. The first-order chi connectivity index (χ1) is 8.58. The highest BCUT2D eigenvalue weighted by Crippen LogP contribution is 2.22. The van der Waals surface area contributed by atoms with Crippen LogP contribution in [0.3, 0.4) is 0 Å². The number of nitrogens with one attached hydrogen (secondary N) is 1. The van der Waals surface area contributed by atoms with Crippen LogP contribution in [0.25, 0.3) is 0 Å². The molecule has 3 nitrogen and oxygen atoms in total. The van der Waals surface area contributed by atoms with Crippen LogP contribution < -0.4 is 10.1 Å². The zero-order valence-electron chi connectivity index (χ0n) is 10.8. The number of ether oxygens (including phenoxy) is 1. The highest BCUT2D eigenvalue weighted by atomic mass is 79.9. The van der Waals surface area contributed by atoms with Crippen LogP contribution in [-0.2, 0) is 0 Å². The van der Waals surface area contributed by atoms with Crippen molar-refractivity contribution in [1.29, 1.82) is 0 Å². The lowest BCUT2D eigenvalue weighted by atomic mass is 10.1. The number of halogens is 1. The van der Waals surface area contributed by atoms with Crippen molar-refractivity contribution in [2.24, 2.45) is 5.92 Å². The van der Waals surface area contributed by atoms with Gasteiger partial charge in [0.25, 0.3) is 5.91 Å². The quantitative estimate of drug-likeness (QED) is 0.869. The highest BCUT2D eigenvalue weighted by molar-refractivity contribution is 9.10. The third-order valence-corrected chi connectivity index (χ3v) is 4.07. The Kier molecular flexibility index (Phi) is 6.57. The van der Waals surface area contributed by atoms with Gasteiger partial charge < -0.3 is 10.1 Å². The summed E-state index contributed by atoms with van der Waals surface area (Å²) in [5.74, 6) is 2.11. The van der Waals surface area contributed by atoms with Gasteiger partial charge in [0.1, 0.15) is 5.75 Å². The lowest BCUT2D eigenvalue weighted by molar-refractivity contribution is 0.0948. The molecule has 0 bridgehead atoms. The molecule has 18 heavy (non-hydrogen) atoms. The Bertz CT molecular complexity index is 412. The van der Waals surface area contributed by atoms with Crippen LogP contribution in [0.4, 0.5) is 0 Å². The average Bonchev–Trinajstić information content (AvgIpc) is 2.37. The Morgan fingerprint density at radius 2 is 2.28 bits per heavy atom. The Labute approximate surface area is 121 Å². The van der Waals surface area contributed by atoms with Crippen molar-refractivity contribution >= 4 is 33.6 Å². The standard InChI is InChI=1S/C13H18BrNO2S/c1-9(8-18-3)7-15-13(16)11-6-10(17-2)4-5-12(11)14/h4-6,9H,7-8H2,1-3H3,(H,15,16). The lowest BCUT2D eigenvalue weighted by Crippen LogP contribution is -2.29. The average molecular weight is 332 g/mol. The van der Waals surface area contributed by atoms with Crippen LogP contribution >= 0.6 is 27.7 Å². The Balaban J connectivity index is 2.66. The van der Waals surface area contributed by atoms with Crippen molar-refractivity contribution in [3.05, 3.63) is 28.2 Å². The maximum absolute atomic E-state index is 12.0. The molecule has 0 heterocycles. The van der Waals surface area contributed by atoms with E-state index in [1.165, 1.54) is 0 Å². The molecule has 1 aromatic rings. The maximum atomic E-state index is 12.0. The van der Waals surface area contributed by atoms with Gasteiger partial charge in [0.15, 0.2) is 0 Å². The van der Waals surface area contributed by atoms with Crippen LogP contribution in [0.2, 0.25) is 0 Å². The molecular weight excluding hydrogens is 314 g/mol. The van der Waals surface area contributed by atoms with E-state index in [-0.39, 0.29) is 5.91 Å². The summed E-state index contributed by atoms with van der Waals surface area (Å²) in [6.07, 6.45) is 2.07. The molecule has 0 radical (unpaired) electrons. The minimum Gasteiger partial charge on any atom is -0.497 e. The minimum atomic E-state index is -0.0753. The molecule has 0 saturated carbocycles. The number of hydrogen-bond donors (Lipinski definition) is 1. The molecule has 1 atom stereocenters. The molecule has 100 valence electrons. The van der Waals surface area contributed by atoms with Gasteiger partial charge in [-0.2, -0.15) is 11.8 Å². The highest BCUT2D eigenvalue weighted by Gasteiger charge is 2.12. The molecule has 0 aromatic heterocycles. The van der Waals surface area contributed by atoms with Crippen molar-refractivity contribution in [1.82, 2.24) is 5.32 Å². The first-order valence-corrected chi connectivity index (χ1v) is 7.87. The first kappa shape index (κ1) is 15.4. The number of amides is 1. The fourth-order valence-corrected chi connectivity index (χ4v) is 2.62. The van der Waals surface area contributed by atoms with Gasteiger partial charge in [0.05, 0.1) is 12.7 Å². The third kappa shape index (κ3) is 4.53. The van der Waals surface area contributed by atoms with Gasteiger partial charge in [-0.15, -0.1) is 0 Å². The summed E-state index contributed by atoms with van der Waals surface area (Å²) in [4.78, 5) is 12.0. The molecule has 0 spiro atoms. The predicted octanol–water partition coefficient (Wildman–Crippen LogP) is 3.19. The van der Waals surface area contributed by atoms with E-state index in [9.17, 15) is 4.79 Å². The number of rotatable bonds is 6. The smallest absolute Gasteiger partial charge is 0.252 e. The van der Waals surface area contributed by atoms with Gasteiger partial charge in [-0.3, -0.25) is 4.79 Å². The molecule has 1 aromatic carbocycles. The van der Waals surface area contributed by atoms with E-state index in [0.717, 1.165) is 10.2 Å². The summed E-state index contributed by atoms with van der Waals surface area (Å²) < 4.78 is 5.90. The van der Waals surface area contributed by atoms with Gasteiger partial charge in [0, 0.05) is 11.0 Å². The van der Waals surface area contributed by atoms with Gasteiger partial charge in [0.2, 0.25) is 0 Å². The zero-order valence-corrected chi connectivity index (χ0v) is 13.2. The Hall–Kier alpha value is -0.680. The normalized spacial score (nSPS) is 12.0. The van der Waals surface area contributed by atoms with Gasteiger partial charge in [-0.05, 0) is 52.1 Å². The summed E-state index contributed by atoms with van der Waals surface area (Å²) in [6, 6.07) is 5.37. The van der Waals surface area contributed by atoms with Crippen LogP contribution in [-0.4, -0.2) is 31.6 Å². The van der Waals surface area contributed by atoms with Crippen molar-refractivity contribution in [3.8, 4) is 5.75 Å². The van der Waals surface area contributed by atoms with E-state index in [2.05, 4.69) is 34.4 Å². The van der Waals surface area contributed by atoms with Crippen molar-refractivity contribution in [3.63, 3.8) is 0 Å². The predicted molar refractivity (Wildman–Crippen MR) is 80.6 cm³/mol. The second kappa shape index (κ2) is 7.69. The summed E-state index contributed by atoms with van der Waals surface area (Å²) in [5.41, 5.74) is 0.603. The molecule has 1 N–H and O–H groups in total. The molecular formula is C13H18BrNO2S. The number of methoxy groups -OCH3 is 1. The summed E-state index contributed by atoms with van der Waals surface area (Å²) in [6.45, 7) is 2.81. The number of thioether (sulfide) groups is 1. The third-order valence-electron chi connectivity index (χ3n) is 2.48. The summed E-state index contributed by atoms with van der Waals surface area (Å²) in [5, 5.41) is 2.94. The number of carbonyl (C=O) groups is 1. The molecule has 0 aliphatic rings. The summed E-state index contributed by atoms with van der Waals surface area (Å²) >= 11 is 5.16. The molecule has 0 aliphatic carbocycles. The largest absolute Gasteiger partial charge is 0.497 e. The fourth-order valence-electron chi connectivity index (χ4n) is 1.51. The lowest BCUT2D eigenvalue weighted by Gasteiger charge is -2.12. The van der Waals surface area contributed by atoms with E-state index in [4.69, 9.17) is 4.74 Å². The SMILES string of the molecule is COc1ccc(Br)c(C(=O)NCC(C)CSC)c1. The van der Waals surface area contributed by atoms with E-state index >= 15 is 0 Å². The second-order valence-corrected chi connectivity index (χ2v) is 5.88. The van der Waals surface area contributed by atoms with Gasteiger partial charge in [-0.25, -0.2) is 0 Å². The van der Waals surface area contributed by atoms with Crippen molar-refractivity contribution in [2.75, 3.05) is 25.7 Å². The van der Waals surface area contributed by atoms with Crippen LogP contribution in [0.5, 0.6) is 5.75 Å². The summed E-state index contributed by atoms with van der Waals surface area (Å²) in [7, 11) is 1.59. The van der Waals surface area contributed by atoms with E-state index in [1.807, 2.05) is 12.1 Å². The van der Waals surface area contributed by atoms with Gasteiger partial charge >= 0.3 is 0 Å². The maximum Gasteiger partial charge on any atom is 0.252 e. The first-order valence-electron chi connectivity index (χ1n) is 5.69. The van der Waals surface area contributed by atoms with Crippen LogP contribution in [0, 0.1) is 5.92 Å². The molecule has 1 rings (SSSR count). The second-order valence-electron chi connectivity index (χ2n) is 4.12. The Morgan fingerprint density at radius 3 is 2.89 bits per heavy atom. The topological polar surface area (TPSA) is 38.3 Å². The molecule has 0 saturated heterocycles. The fraction of sp³-hybridized carbons (Fsp3) is 0.462. The van der Waals surface area contributed by atoms with E-state index < -0.39 is 0 Å². The van der Waals surface area contributed by atoms with Crippen LogP contribution in [0.15, 0.2) is 22.7 Å². The number of hydrogen-bond acceptors (Lipinski definition) is 3. The Morgan fingerprint density at radius 1 is 1.56 bits per heavy atom. The molecule has 0 aliphatic heterocycles. The van der Waals surface area contributed by atoms with Crippen molar-refractivity contribution < 1.29 is 9.53 Å². The van der Waals surface area contributed by atoms with E-state index in [0.29, 0.717) is 23.8 Å². The van der Waals surface area contributed by atoms with E-state index in [1.54, 1.807) is 24.9 Å². The number of carbonyl (C=O) groups excluding carboxylic acids is 1. The molecule has 0 fully saturated rings. The molecule has 1 amide bonds. The molecule has 1 unspecified atom stereocenters.